The molecule has 13 heteroatoms. The van der Waals surface area contributed by atoms with E-state index in [1.165, 1.54) is 28.0 Å². The standard InChI is InChI=1S/C32H28ClN5O5S2/c1-4-42-22-14-13-19(16-23(22)43-5-2)27-25(28(39)26-18(3)34-24-12-8-9-15-37(24)26)29(40)30(41)38(27)31-35-36-32(45-31)44-17-20-10-6-7-11-21(20)33/h6-16,27,39H,4-5,17H2,1-3H3/b28-25+. The summed E-state index contributed by atoms with van der Waals surface area (Å²) >= 11 is 8.93. The number of amides is 1. The lowest BCUT2D eigenvalue weighted by Crippen LogP contribution is -2.29. The summed E-state index contributed by atoms with van der Waals surface area (Å²) in [7, 11) is 0. The number of hydrogen-bond donors (Lipinski definition) is 1. The first kappa shape index (κ1) is 30.6. The summed E-state index contributed by atoms with van der Waals surface area (Å²) in [5.41, 5.74) is 2.77. The number of Topliss-reactive ketones (excluding diaryl/α,β-unsaturated/α-hetero) is 1. The number of ketones is 1. The van der Waals surface area contributed by atoms with Crippen LogP contribution in [0.2, 0.25) is 5.02 Å². The van der Waals surface area contributed by atoms with Crippen molar-refractivity contribution >= 4 is 62.9 Å². The van der Waals surface area contributed by atoms with Gasteiger partial charge in [0.05, 0.1) is 30.5 Å². The minimum atomic E-state index is -1.04. The molecule has 1 aliphatic rings. The highest BCUT2D eigenvalue weighted by molar-refractivity contribution is 8.00. The summed E-state index contributed by atoms with van der Waals surface area (Å²) in [4.78, 5) is 33.5. The number of carbonyl (C=O) groups excluding carboxylic acids is 2. The molecule has 230 valence electrons. The molecule has 3 aromatic heterocycles. The number of aromatic nitrogens is 4. The van der Waals surface area contributed by atoms with E-state index in [4.69, 9.17) is 21.1 Å². The van der Waals surface area contributed by atoms with Crippen LogP contribution in [0.1, 0.15) is 42.4 Å². The number of fused-ring (bicyclic) bond motifs is 1. The summed E-state index contributed by atoms with van der Waals surface area (Å²) in [5, 5.41) is 21.3. The van der Waals surface area contributed by atoms with Gasteiger partial charge in [0.25, 0.3) is 5.78 Å². The molecule has 2 aromatic carbocycles. The number of aliphatic hydroxyl groups is 1. The average Bonchev–Trinajstić information content (AvgIpc) is 3.71. The molecule has 1 aliphatic heterocycles. The zero-order valence-electron chi connectivity index (χ0n) is 24.6. The number of ether oxygens (including phenoxy) is 2. The van der Waals surface area contributed by atoms with Crippen molar-refractivity contribution in [3.63, 3.8) is 0 Å². The largest absolute Gasteiger partial charge is 0.505 e. The third-order valence-corrected chi connectivity index (χ3v) is 9.64. The Morgan fingerprint density at radius 3 is 2.56 bits per heavy atom. The van der Waals surface area contributed by atoms with Gasteiger partial charge in [0.1, 0.15) is 11.3 Å². The highest BCUT2D eigenvalue weighted by Gasteiger charge is 2.49. The molecule has 1 amide bonds. The van der Waals surface area contributed by atoms with Gasteiger partial charge in [0.15, 0.2) is 21.6 Å². The van der Waals surface area contributed by atoms with Crippen molar-refractivity contribution < 1.29 is 24.2 Å². The van der Waals surface area contributed by atoms with E-state index in [1.54, 1.807) is 47.9 Å². The Bertz CT molecular complexity index is 1960. The maximum atomic E-state index is 13.8. The molecule has 6 rings (SSSR count). The number of thioether (sulfide) groups is 1. The van der Waals surface area contributed by atoms with Crippen LogP contribution in [0.15, 0.2) is 76.8 Å². The Balaban J connectivity index is 1.48. The van der Waals surface area contributed by atoms with Crippen LogP contribution in [0, 0.1) is 6.92 Å². The van der Waals surface area contributed by atoms with E-state index >= 15 is 0 Å². The minimum absolute atomic E-state index is 0.0965. The van der Waals surface area contributed by atoms with Crippen molar-refractivity contribution in [1.82, 2.24) is 19.6 Å². The summed E-state index contributed by atoms with van der Waals surface area (Å²) in [6.07, 6.45) is 1.74. The number of anilines is 1. The number of nitrogens with zero attached hydrogens (tertiary/aromatic N) is 5. The third kappa shape index (κ3) is 5.76. The van der Waals surface area contributed by atoms with Gasteiger partial charge in [-0.1, -0.05) is 65.0 Å². The van der Waals surface area contributed by atoms with Crippen LogP contribution >= 0.6 is 34.7 Å². The second-order valence-corrected chi connectivity index (χ2v) is 12.5. The van der Waals surface area contributed by atoms with Crippen LogP contribution in [-0.4, -0.2) is 49.6 Å². The van der Waals surface area contributed by atoms with Crippen LogP contribution in [0.4, 0.5) is 5.13 Å². The highest BCUT2D eigenvalue weighted by Crippen LogP contribution is 2.46. The van der Waals surface area contributed by atoms with Gasteiger partial charge in [-0.2, -0.15) is 0 Å². The number of pyridine rings is 1. The number of carbonyl (C=O) groups is 2. The Hall–Kier alpha value is -4.39. The second kappa shape index (κ2) is 12.9. The first-order valence-corrected chi connectivity index (χ1v) is 16.3. The monoisotopic (exact) mass is 661 g/mol. The molecule has 1 saturated heterocycles. The highest BCUT2D eigenvalue weighted by atomic mass is 35.5. The van der Waals surface area contributed by atoms with Gasteiger partial charge < -0.3 is 14.6 Å². The molecular formula is C32H28ClN5O5S2. The van der Waals surface area contributed by atoms with E-state index in [0.717, 1.165) is 5.56 Å². The van der Waals surface area contributed by atoms with Crippen molar-refractivity contribution in [3.05, 3.63) is 100.0 Å². The molecule has 0 bridgehead atoms. The smallest absolute Gasteiger partial charge is 0.301 e. The summed E-state index contributed by atoms with van der Waals surface area (Å²) in [6, 6.07) is 17.1. The van der Waals surface area contributed by atoms with E-state index in [9.17, 15) is 14.7 Å². The van der Waals surface area contributed by atoms with E-state index in [-0.39, 0.29) is 16.5 Å². The maximum Gasteiger partial charge on any atom is 0.301 e. The molecule has 0 spiro atoms. The van der Waals surface area contributed by atoms with E-state index in [2.05, 4.69) is 15.2 Å². The molecule has 45 heavy (non-hydrogen) atoms. The van der Waals surface area contributed by atoms with E-state index in [1.807, 2.05) is 44.2 Å². The Morgan fingerprint density at radius 2 is 1.78 bits per heavy atom. The van der Waals surface area contributed by atoms with Crippen LogP contribution in [-0.2, 0) is 15.3 Å². The van der Waals surface area contributed by atoms with Crippen molar-refractivity contribution in [1.29, 1.82) is 0 Å². The van der Waals surface area contributed by atoms with Crippen LogP contribution in [0.3, 0.4) is 0 Å². The topological polar surface area (TPSA) is 119 Å². The summed E-state index contributed by atoms with van der Waals surface area (Å²) < 4.78 is 13.9. The molecular weight excluding hydrogens is 634 g/mol. The fraction of sp³-hybridized carbons (Fsp3) is 0.219. The number of imidazole rings is 1. The lowest BCUT2D eigenvalue weighted by Gasteiger charge is -2.23. The third-order valence-electron chi connectivity index (χ3n) is 7.17. The number of hydrogen-bond acceptors (Lipinski definition) is 10. The Labute approximate surface area is 272 Å². The minimum Gasteiger partial charge on any atom is -0.505 e. The average molecular weight is 662 g/mol. The number of rotatable bonds is 10. The summed E-state index contributed by atoms with van der Waals surface area (Å²) in [6.45, 7) is 6.25. The molecule has 0 saturated carbocycles. The molecule has 1 unspecified atom stereocenters. The van der Waals surface area contributed by atoms with Gasteiger partial charge in [-0.3, -0.25) is 18.9 Å². The van der Waals surface area contributed by atoms with Crippen LogP contribution in [0.5, 0.6) is 11.5 Å². The summed E-state index contributed by atoms with van der Waals surface area (Å²) in [5.74, 6) is -0.523. The number of aliphatic hydroxyl groups excluding tert-OH is 1. The van der Waals surface area contributed by atoms with Crippen LogP contribution in [0.25, 0.3) is 11.4 Å². The van der Waals surface area contributed by atoms with Gasteiger partial charge in [0.2, 0.25) is 5.13 Å². The molecule has 0 radical (unpaired) electrons. The van der Waals surface area contributed by atoms with Crippen molar-refractivity contribution in [3.8, 4) is 11.5 Å². The van der Waals surface area contributed by atoms with Gasteiger partial charge in [0, 0.05) is 17.0 Å². The Kier molecular flexibility index (Phi) is 8.79. The zero-order chi connectivity index (χ0) is 31.7. The zero-order valence-corrected chi connectivity index (χ0v) is 26.9. The maximum absolute atomic E-state index is 13.8. The van der Waals surface area contributed by atoms with Gasteiger partial charge >= 0.3 is 5.91 Å². The first-order chi connectivity index (χ1) is 21.8. The predicted octanol–water partition coefficient (Wildman–Crippen LogP) is 6.86. The number of halogens is 1. The molecule has 10 nitrogen and oxygen atoms in total. The van der Waals surface area contributed by atoms with Crippen LogP contribution < -0.4 is 14.4 Å². The number of benzene rings is 2. The van der Waals surface area contributed by atoms with Crippen molar-refractivity contribution in [2.75, 3.05) is 18.1 Å². The van der Waals surface area contributed by atoms with Gasteiger partial charge in [-0.05, 0) is 62.2 Å². The molecule has 0 aliphatic carbocycles. The predicted molar refractivity (Wildman–Crippen MR) is 174 cm³/mol. The SMILES string of the molecule is CCOc1ccc(C2/C(=C(\O)c3c(C)nc4ccccn34)C(=O)C(=O)N2c2nnc(SCc3ccccc3Cl)s2)cc1OCC. The van der Waals surface area contributed by atoms with Crippen molar-refractivity contribution in [2.24, 2.45) is 0 Å². The molecule has 4 heterocycles. The normalized spacial score (nSPS) is 16.1. The Morgan fingerprint density at radius 1 is 1.02 bits per heavy atom. The van der Waals surface area contributed by atoms with Gasteiger partial charge in [-0.15, -0.1) is 10.2 Å². The van der Waals surface area contributed by atoms with Crippen molar-refractivity contribution in [2.45, 2.75) is 36.9 Å². The molecule has 1 N–H and O–H groups in total. The number of aryl methyl sites for hydroxylation is 1. The fourth-order valence-corrected chi connectivity index (χ4v) is 7.38. The molecule has 1 atom stereocenters. The second-order valence-electron chi connectivity index (χ2n) is 9.95. The molecule has 1 fully saturated rings. The van der Waals surface area contributed by atoms with Gasteiger partial charge in [-0.25, -0.2) is 4.98 Å². The molecule has 5 aromatic rings. The fourth-order valence-electron chi connectivity index (χ4n) is 5.22. The first-order valence-electron chi connectivity index (χ1n) is 14.2. The van der Waals surface area contributed by atoms with E-state index < -0.39 is 17.7 Å². The lowest BCUT2D eigenvalue weighted by atomic mass is 9.96. The lowest BCUT2D eigenvalue weighted by molar-refractivity contribution is -0.132. The quantitative estimate of drug-likeness (QED) is 0.0563. The van der Waals surface area contributed by atoms with E-state index in [0.29, 0.717) is 62.4 Å².